The minimum atomic E-state index is -0.907. The number of carboxylic acids is 1. The van der Waals surface area contributed by atoms with Crippen molar-refractivity contribution in [3.05, 3.63) is 34.6 Å². The fourth-order valence-electron chi connectivity index (χ4n) is 2.75. The first-order chi connectivity index (χ1) is 10.1. The largest absolute Gasteiger partial charge is 0.481 e. The molecule has 21 heavy (non-hydrogen) atoms. The van der Waals surface area contributed by atoms with Crippen LogP contribution >= 0.6 is 11.8 Å². The van der Waals surface area contributed by atoms with E-state index < -0.39 is 5.97 Å². The first-order valence-corrected chi connectivity index (χ1v) is 7.90. The van der Waals surface area contributed by atoms with E-state index in [1.165, 1.54) is 0 Å². The fourth-order valence-corrected chi connectivity index (χ4v) is 3.53. The summed E-state index contributed by atoms with van der Waals surface area (Å²) in [7, 11) is 0. The van der Waals surface area contributed by atoms with E-state index in [-0.39, 0.29) is 17.4 Å². The summed E-state index contributed by atoms with van der Waals surface area (Å²) in [6, 6.07) is 7.35. The molecule has 0 unspecified atom stereocenters. The monoisotopic (exact) mass is 304 g/mol. The van der Waals surface area contributed by atoms with Gasteiger partial charge in [-0.2, -0.15) is 0 Å². The highest BCUT2D eigenvalue weighted by Gasteiger charge is 2.30. The number of benzene rings is 1. The van der Waals surface area contributed by atoms with Gasteiger partial charge in [-0.25, -0.2) is 4.98 Å². The normalized spacial score (nSPS) is 21.2. The Bertz CT molecular complexity index is 750. The lowest BCUT2D eigenvalue weighted by Crippen LogP contribution is -2.34. The van der Waals surface area contributed by atoms with Gasteiger partial charge in [0.05, 0.1) is 16.7 Å². The highest BCUT2D eigenvalue weighted by atomic mass is 32.2. The van der Waals surface area contributed by atoms with Crippen LogP contribution in [0.25, 0.3) is 10.9 Å². The van der Waals surface area contributed by atoms with Gasteiger partial charge in [-0.3, -0.25) is 14.2 Å². The molecule has 5 nitrogen and oxygen atoms in total. The Morgan fingerprint density at radius 2 is 2.14 bits per heavy atom. The van der Waals surface area contributed by atoms with E-state index in [0.717, 1.165) is 24.6 Å². The SMILES string of the molecule is CC1CC(n2c(SCC(=O)O)nc3ccccc3c2=O)C1. The molecular weight excluding hydrogens is 288 g/mol. The second-order valence-electron chi connectivity index (χ2n) is 5.50. The predicted octanol–water partition coefficient (Wildman–Crippen LogP) is 2.54. The molecule has 0 bridgehead atoms. The topological polar surface area (TPSA) is 72.2 Å². The third kappa shape index (κ3) is 2.68. The standard InChI is InChI=1S/C15H16N2O3S/c1-9-6-10(7-9)17-14(20)11-4-2-3-5-12(11)16-15(17)21-8-13(18)19/h2-5,9-10H,6-8H2,1H3,(H,18,19). The summed E-state index contributed by atoms with van der Waals surface area (Å²) >= 11 is 1.12. The van der Waals surface area contributed by atoms with E-state index in [1.54, 1.807) is 16.7 Å². The Hall–Kier alpha value is -1.82. The van der Waals surface area contributed by atoms with Crippen molar-refractivity contribution in [1.82, 2.24) is 9.55 Å². The van der Waals surface area contributed by atoms with Crippen LogP contribution in [0.2, 0.25) is 0 Å². The quantitative estimate of drug-likeness (QED) is 0.694. The molecule has 1 aromatic heterocycles. The van der Waals surface area contributed by atoms with Crippen molar-refractivity contribution in [2.75, 3.05) is 5.75 Å². The first kappa shape index (κ1) is 14.1. The molecule has 2 aromatic rings. The molecule has 0 radical (unpaired) electrons. The van der Waals surface area contributed by atoms with E-state index in [9.17, 15) is 9.59 Å². The minimum Gasteiger partial charge on any atom is -0.481 e. The number of aliphatic carboxylic acids is 1. The molecule has 1 fully saturated rings. The summed E-state index contributed by atoms with van der Waals surface area (Å²) in [5.74, 6) is -0.394. The number of hydrogen-bond acceptors (Lipinski definition) is 4. The summed E-state index contributed by atoms with van der Waals surface area (Å²) in [4.78, 5) is 28.0. The zero-order valence-corrected chi connectivity index (χ0v) is 12.5. The van der Waals surface area contributed by atoms with Gasteiger partial charge in [-0.15, -0.1) is 0 Å². The van der Waals surface area contributed by atoms with Crippen molar-refractivity contribution in [2.24, 2.45) is 5.92 Å². The van der Waals surface area contributed by atoms with E-state index in [0.29, 0.717) is 22.0 Å². The molecule has 1 aliphatic carbocycles. The van der Waals surface area contributed by atoms with Crippen LogP contribution in [0, 0.1) is 5.92 Å². The van der Waals surface area contributed by atoms with E-state index >= 15 is 0 Å². The number of thioether (sulfide) groups is 1. The van der Waals surface area contributed by atoms with Crippen molar-refractivity contribution in [2.45, 2.75) is 31.0 Å². The van der Waals surface area contributed by atoms with Crippen molar-refractivity contribution < 1.29 is 9.90 Å². The van der Waals surface area contributed by atoms with Crippen molar-refractivity contribution in [3.63, 3.8) is 0 Å². The lowest BCUT2D eigenvalue weighted by atomic mass is 9.81. The Morgan fingerprint density at radius 3 is 2.81 bits per heavy atom. The maximum absolute atomic E-state index is 12.7. The first-order valence-electron chi connectivity index (χ1n) is 6.92. The highest BCUT2D eigenvalue weighted by molar-refractivity contribution is 7.99. The molecule has 0 atom stereocenters. The number of hydrogen-bond donors (Lipinski definition) is 1. The van der Waals surface area contributed by atoms with E-state index in [1.807, 2.05) is 12.1 Å². The number of fused-ring (bicyclic) bond motifs is 1. The zero-order chi connectivity index (χ0) is 15.0. The summed E-state index contributed by atoms with van der Waals surface area (Å²) in [6.07, 6.45) is 1.89. The van der Waals surface area contributed by atoms with Crippen LogP contribution in [0.4, 0.5) is 0 Å². The molecule has 1 N–H and O–H groups in total. The minimum absolute atomic E-state index is 0.0645. The molecular formula is C15H16N2O3S. The molecule has 110 valence electrons. The van der Waals surface area contributed by atoms with Gasteiger partial charge < -0.3 is 5.11 Å². The maximum Gasteiger partial charge on any atom is 0.313 e. The van der Waals surface area contributed by atoms with Gasteiger partial charge in [0.2, 0.25) is 0 Å². The van der Waals surface area contributed by atoms with Crippen LogP contribution in [-0.4, -0.2) is 26.4 Å². The lowest BCUT2D eigenvalue weighted by molar-refractivity contribution is -0.133. The number of aromatic nitrogens is 2. The Labute approximate surface area is 126 Å². The Balaban J connectivity index is 2.11. The van der Waals surface area contributed by atoms with Gasteiger partial charge in [-0.1, -0.05) is 30.8 Å². The molecule has 0 amide bonds. The predicted molar refractivity (Wildman–Crippen MR) is 81.8 cm³/mol. The summed E-state index contributed by atoms with van der Waals surface area (Å²) in [5, 5.41) is 9.97. The Morgan fingerprint density at radius 1 is 1.43 bits per heavy atom. The fraction of sp³-hybridized carbons (Fsp3) is 0.400. The van der Waals surface area contributed by atoms with E-state index in [2.05, 4.69) is 11.9 Å². The summed E-state index contributed by atoms with van der Waals surface area (Å²) in [6.45, 7) is 2.15. The van der Waals surface area contributed by atoms with Crippen LogP contribution in [0.1, 0.15) is 25.8 Å². The van der Waals surface area contributed by atoms with E-state index in [4.69, 9.17) is 5.11 Å². The smallest absolute Gasteiger partial charge is 0.313 e. The molecule has 3 rings (SSSR count). The van der Waals surface area contributed by atoms with Crippen molar-refractivity contribution in [1.29, 1.82) is 0 Å². The molecule has 6 heteroatoms. The van der Waals surface area contributed by atoms with Gasteiger partial charge in [0.1, 0.15) is 0 Å². The lowest BCUT2D eigenvalue weighted by Gasteiger charge is -2.35. The molecule has 1 heterocycles. The average Bonchev–Trinajstić information content (AvgIpc) is 2.42. The van der Waals surface area contributed by atoms with Crippen LogP contribution in [0.15, 0.2) is 34.2 Å². The number of nitrogens with zero attached hydrogens (tertiary/aromatic N) is 2. The highest BCUT2D eigenvalue weighted by Crippen LogP contribution is 2.38. The number of rotatable bonds is 4. The molecule has 0 aliphatic heterocycles. The second kappa shape index (κ2) is 5.52. The summed E-state index contributed by atoms with van der Waals surface area (Å²) in [5.41, 5.74) is 0.560. The third-order valence-electron chi connectivity index (χ3n) is 3.81. The molecule has 0 saturated heterocycles. The average molecular weight is 304 g/mol. The van der Waals surface area contributed by atoms with Gasteiger partial charge in [0.25, 0.3) is 5.56 Å². The molecule has 1 aliphatic rings. The third-order valence-corrected chi connectivity index (χ3v) is 4.75. The number of para-hydroxylation sites is 1. The van der Waals surface area contributed by atoms with Gasteiger partial charge >= 0.3 is 5.97 Å². The number of carbonyl (C=O) groups is 1. The van der Waals surface area contributed by atoms with Crippen LogP contribution < -0.4 is 5.56 Å². The van der Waals surface area contributed by atoms with Gasteiger partial charge in [-0.05, 0) is 30.9 Å². The number of carboxylic acid groups (broad SMARTS) is 1. The molecule has 1 aromatic carbocycles. The summed E-state index contributed by atoms with van der Waals surface area (Å²) < 4.78 is 1.69. The van der Waals surface area contributed by atoms with Gasteiger partial charge in [0.15, 0.2) is 5.16 Å². The zero-order valence-electron chi connectivity index (χ0n) is 11.7. The molecule has 1 saturated carbocycles. The van der Waals surface area contributed by atoms with Crippen molar-refractivity contribution in [3.8, 4) is 0 Å². The van der Waals surface area contributed by atoms with Crippen molar-refractivity contribution >= 4 is 28.6 Å². The van der Waals surface area contributed by atoms with Crippen LogP contribution in [-0.2, 0) is 4.79 Å². The maximum atomic E-state index is 12.7. The second-order valence-corrected chi connectivity index (χ2v) is 6.44. The molecule has 0 spiro atoms. The van der Waals surface area contributed by atoms with Crippen LogP contribution in [0.3, 0.4) is 0 Å². The van der Waals surface area contributed by atoms with Crippen LogP contribution in [0.5, 0.6) is 0 Å². The van der Waals surface area contributed by atoms with Gasteiger partial charge in [0, 0.05) is 6.04 Å². The Kier molecular flexibility index (Phi) is 3.71.